The fourth-order valence-corrected chi connectivity index (χ4v) is 4.13. The summed E-state index contributed by atoms with van der Waals surface area (Å²) >= 11 is 0. The average Bonchev–Trinajstić information content (AvgIpc) is 2.85. The molecule has 2 heterocycles. The molecule has 35 heavy (non-hydrogen) atoms. The molecule has 0 aliphatic carbocycles. The Morgan fingerprint density at radius 1 is 0.971 bits per heavy atom. The third-order valence-corrected chi connectivity index (χ3v) is 6.35. The minimum atomic E-state index is -3.85. The second-order valence-corrected chi connectivity index (χ2v) is 10.2. The number of sulfonamides is 1. The number of benzene rings is 1. The van der Waals surface area contributed by atoms with Gasteiger partial charge in [0, 0.05) is 19.0 Å². The number of methoxy groups -OCH3 is 2. The number of nitrogens with zero attached hydrogens (tertiary/aromatic N) is 4. The summed E-state index contributed by atoms with van der Waals surface area (Å²) in [5, 5.41) is 9.44. The van der Waals surface area contributed by atoms with Crippen LogP contribution in [0.1, 0.15) is 26.7 Å². The van der Waals surface area contributed by atoms with Crippen LogP contribution in [0.3, 0.4) is 0 Å². The van der Waals surface area contributed by atoms with Crippen LogP contribution in [0.5, 0.6) is 23.1 Å². The lowest BCUT2D eigenvalue weighted by atomic mass is 9.89. The topological polar surface area (TPSA) is 146 Å². The van der Waals surface area contributed by atoms with Crippen LogP contribution in [0, 0.1) is 5.41 Å². The molecule has 0 unspecified atom stereocenters. The number of aliphatic hydroxyl groups is 1. The summed E-state index contributed by atoms with van der Waals surface area (Å²) in [7, 11) is -0.983. The molecule has 188 valence electrons. The Labute approximate surface area is 204 Å². The van der Waals surface area contributed by atoms with Crippen LogP contribution < -0.4 is 18.9 Å². The van der Waals surface area contributed by atoms with Crippen molar-refractivity contribution in [1.29, 1.82) is 0 Å². The van der Waals surface area contributed by atoms with Gasteiger partial charge in [-0.15, -0.1) is 0 Å². The summed E-state index contributed by atoms with van der Waals surface area (Å²) < 4.78 is 45.2. The molecule has 12 heteroatoms. The molecule has 3 aromatic rings. The highest BCUT2D eigenvalue weighted by atomic mass is 32.2. The maximum absolute atomic E-state index is 13.0. The van der Waals surface area contributed by atoms with Crippen molar-refractivity contribution >= 4 is 15.8 Å². The molecule has 0 saturated carbocycles. The van der Waals surface area contributed by atoms with Gasteiger partial charge in [0.25, 0.3) is 5.88 Å². The molecule has 0 fully saturated rings. The summed E-state index contributed by atoms with van der Waals surface area (Å²) in [6.45, 7) is 3.70. The van der Waals surface area contributed by atoms with Crippen molar-refractivity contribution in [2.75, 3.05) is 31.3 Å². The van der Waals surface area contributed by atoms with Crippen LogP contribution in [-0.4, -0.2) is 60.0 Å². The molecule has 0 bridgehead atoms. The molecule has 3 rings (SSSR count). The Bertz CT molecular complexity index is 1240. The summed E-state index contributed by atoms with van der Waals surface area (Å²) in [6.07, 6.45) is 3.89. The van der Waals surface area contributed by atoms with E-state index in [1.165, 1.54) is 26.6 Å². The molecule has 0 aliphatic rings. The Kier molecular flexibility index (Phi) is 8.41. The van der Waals surface area contributed by atoms with E-state index in [-0.39, 0.29) is 46.9 Å². The Morgan fingerprint density at radius 2 is 1.66 bits per heavy atom. The molecule has 0 radical (unpaired) electrons. The van der Waals surface area contributed by atoms with E-state index < -0.39 is 10.0 Å². The number of aromatic nitrogens is 4. The maximum Gasteiger partial charge on any atom is 0.263 e. The second-order valence-electron chi connectivity index (χ2n) is 8.41. The van der Waals surface area contributed by atoms with E-state index in [0.717, 1.165) is 0 Å². The first-order chi connectivity index (χ1) is 16.7. The van der Waals surface area contributed by atoms with Gasteiger partial charge in [0.05, 0.1) is 20.0 Å². The third kappa shape index (κ3) is 6.99. The van der Waals surface area contributed by atoms with Gasteiger partial charge in [-0.1, -0.05) is 26.0 Å². The number of nitrogens with one attached hydrogen (secondary N) is 1. The monoisotopic (exact) mass is 503 g/mol. The lowest BCUT2D eigenvalue weighted by molar-refractivity contribution is 0.150. The minimum absolute atomic E-state index is 0.0209. The van der Waals surface area contributed by atoms with Crippen molar-refractivity contribution < 1.29 is 27.7 Å². The van der Waals surface area contributed by atoms with Gasteiger partial charge in [0.1, 0.15) is 0 Å². The van der Waals surface area contributed by atoms with Gasteiger partial charge in [-0.25, -0.2) is 23.4 Å². The van der Waals surface area contributed by atoms with Crippen molar-refractivity contribution in [3.05, 3.63) is 42.7 Å². The number of para-hydroxylation sites is 2. The lowest BCUT2D eigenvalue weighted by Gasteiger charge is -2.21. The normalized spacial score (nSPS) is 11.7. The summed E-state index contributed by atoms with van der Waals surface area (Å²) in [5.41, 5.74) is -0.385. The van der Waals surface area contributed by atoms with Gasteiger partial charge in [0.2, 0.25) is 21.6 Å². The molecule has 0 saturated heterocycles. The van der Waals surface area contributed by atoms with Gasteiger partial charge >= 0.3 is 0 Å². The first kappa shape index (κ1) is 26.1. The fourth-order valence-electron chi connectivity index (χ4n) is 3.08. The van der Waals surface area contributed by atoms with Crippen LogP contribution >= 0.6 is 0 Å². The van der Waals surface area contributed by atoms with Gasteiger partial charge < -0.3 is 19.3 Å². The van der Waals surface area contributed by atoms with E-state index >= 15 is 0 Å². The molecular weight excluding hydrogens is 474 g/mol. The average molecular weight is 504 g/mol. The second kappa shape index (κ2) is 11.3. The number of hydrogen-bond donors (Lipinski definition) is 2. The minimum Gasteiger partial charge on any atom is -0.493 e. The molecule has 0 atom stereocenters. The van der Waals surface area contributed by atoms with E-state index in [2.05, 4.69) is 24.7 Å². The zero-order valence-corrected chi connectivity index (χ0v) is 20.9. The Hall–Kier alpha value is -3.51. The Morgan fingerprint density at radius 3 is 2.29 bits per heavy atom. The standard InChI is InChI=1S/C23H29N5O6S/c1-23(2,15-29)11-7-14-35(30,31)28-19-18(34-17-10-6-5-9-16(17)32-3)22(33-4)27-21(26-19)20-24-12-8-13-25-20/h5-6,8-10,12-13,29H,7,11,14-15H2,1-4H3,(H,26,27,28). The fraction of sp³-hybridized carbons (Fsp3) is 0.391. The lowest BCUT2D eigenvalue weighted by Crippen LogP contribution is -2.22. The van der Waals surface area contributed by atoms with Gasteiger partial charge in [-0.3, -0.25) is 4.72 Å². The number of hydrogen-bond acceptors (Lipinski definition) is 10. The van der Waals surface area contributed by atoms with Crippen molar-refractivity contribution in [3.8, 4) is 34.8 Å². The van der Waals surface area contributed by atoms with E-state index in [9.17, 15) is 13.5 Å². The molecule has 0 spiro atoms. The Balaban J connectivity index is 2.02. The number of rotatable bonds is 12. The highest BCUT2D eigenvalue weighted by Gasteiger charge is 2.25. The van der Waals surface area contributed by atoms with E-state index in [0.29, 0.717) is 24.3 Å². The summed E-state index contributed by atoms with van der Waals surface area (Å²) in [5.74, 6) is 0.577. The van der Waals surface area contributed by atoms with Gasteiger partial charge in [-0.2, -0.15) is 4.98 Å². The third-order valence-electron chi connectivity index (χ3n) is 5.02. The quantitative estimate of drug-likeness (QED) is 0.377. The summed E-state index contributed by atoms with van der Waals surface area (Å²) in [4.78, 5) is 16.9. The van der Waals surface area contributed by atoms with Crippen LogP contribution in [0.25, 0.3) is 11.6 Å². The first-order valence-corrected chi connectivity index (χ1v) is 12.5. The molecule has 0 aliphatic heterocycles. The van der Waals surface area contributed by atoms with Crippen molar-refractivity contribution in [2.24, 2.45) is 5.41 Å². The molecule has 11 nitrogen and oxygen atoms in total. The number of anilines is 1. The predicted octanol–water partition coefficient (Wildman–Crippen LogP) is 3.28. The van der Waals surface area contributed by atoms with E-state index in [1.807, 2.05) is 13.8 Å². The van der Waals surface area contributed by atoms with E-state index in [4.69, 9.17) is 14.2 Å². The number of ether oxygens (including phenoxy) is 3. The largest absolute Gasteiger partial charge is 0.493 e. The zero-order chi connectivity index (χ0) is 25.5. The van der Waals surface area contributed by atoms with Crippen LogP contribution in [0.15, 0.2) is 42.7 Å². The number of aliphatic hydroxyl groups excluding tert-OH is 1. The molecule has 0 amide bonds. The molecule has 2 aromatic heterocycles. The van der Waals surface area contributed by atoms with Crippen molar-refractivity contribution in [3.63, 3.8) is 0 Å². The highest BCUT2D eigenvalue weighted by Crippen LogP contribution is 2.40. The van der Waals surface area contributed by atoms with Crippen molar-refractivity contribution in [2.45, 2.75) is 26.7 Å². The predicted molar refractivity (Wildman–Crippen MR) is 130 cm³/mol. The summed E-state index contributed by atoms with van der Waals surface area (Å²) in [6, 6.07) is 8.50. The van der Waals surface area contributed by atoms with E-state index in [1.54, 1.807) is 30.3 Å². The van der Waals surface area contributed by atoms with Crippen LogP contribution in [0.2, 0.25) is 0 Å². The smallest absolute Gasteiger partial charge is 0.263 e. The van der Waals surface area contributed by atoms with Gasteiger partial charge in [-0.05, 0) is 36.5 Å². The SMILES string of the molecule is COc1ccccc1Oc1c(NS(=O)(=O)CCCC(C)(C)CO)nc(-c2ncccn2)nc1OC. The molecule has 2 N–H and O–H groups in total. The molecule has 1 aromatic carbocycles. The van der Waals surface area contributed by atoms with Crippen LogP contribution in [0.4, 0.5) is 5.82 Å². The maximum atomic E-state index is 13.0. The molecular formula is C23H29N5O6S. The zero-order valence-electron chi connectivity index (χ0n) is 20.1. The highest BCUT2D eigenvalue weighted by molar-refractivity contribution is 7.92. The van der Waals surface area contributed by atoms with Crippen molar-refractivity contribution in [1.82, 2.24) is 19.9 Å². The first-order valence-electron chi connectivity index (χ1n) is 10.8. The van der Waals surface area contributed by atoms with Gasteiger partial charge in [0.15, 0.2) is 23.1 Å². The van der Waals surface area contributed by atoms with Crippen LogP contribution in [-0.2, 0) is 10.0 Å².